The highest BCUT2D eigenvalue weighted by molar-refractivity contribution is 6.35. The van der Waals surface area contributed by atoms with Crippen molar-refractivity contribution in [3.05, 3.63) is 75.5 Å². The Labute approximate surface area is 196 Å². The quantitative estimate of drug-likeness (QED) is 0.591. The maximum Gasteiger partial charge on any atom is 0.242 e. The predicted molar refractivity (Wildman–Crippen MR) is 125 cm³/mol. The highest BCUT2D eigenvalue weighted by atomic mass is 35.5. The number of hydrogen-bond acceptors (Lipinski definition) is 4. The molecule has 166 valence electrons. The molecule has 0 bridgehead atoms. The molecule has 0 aliphatic carbocycles. The van der Waals surface area contributed by atoms with E-state index in [9.17, 15) is 9.59 Å². The molecule has 2 aromatic carbocycles. The standard InChI is InChI=1S/C23H23Cl2N5O2/c1-14-21(15(2)30(28-14)17-6-4-3-5-7-17)22-23(32)26-10-11-29(22)13-20(31)27-19-12-16(24)8-9-18(19)25/h3-9,12,22H,10-11,13H2,1-2H3,(H,26,32)(H,27,31). The SMILES string of the molecule is Cc1nn(-c2ccccc2)c(C)c1C1C(=O)NCCN1CC(=O)Nc1cc(Cl)ccc1Cl. The van der Waals surface area contributed by atoms with Crippen molar-refractivity contribution in [1.82, 2.24) is 20.0 Å². The first kappa shape index (κ1) is 22.3. The lowest BCUT2D eigenvalue weighted by molar-refractivity contribution is -0.130. The van der Waals surface area contributed by atoms with Crippen LogP contribution in [0.4, 0.5) is 5.69 Å². The van der Waals surface area contributed by atoms with Crippen LogP contribution in [0, 0.1) is 13.8 Å². The van der Waals surface area contributed by atoms with Crippen molar-refractivity contribution in [3.63, 3.8) is 0 Å². The Balaban J connectivity index is 1.61. The average Bonchev–Trinajstić information content (AvgIpc) is 3.05. The number of nitrogens with one attached hydrogen (secondary N) is 2. The van der Waals surface area contributed by atoms with E-state index in [-0.39, 0.29) is 18.4 Å². The molecule has 0 saturated carbocycles. The van der Waals surface area contributed by atoms with E-state index in [1.165, 1.54) is 0 Å². The van der Waals surface area contributed by atoms with E-state index >= 15 is 0 Å². The summed E-state index contributed by atoms with van der Waals surface area (Å²) >= 11 is 12.2. The van der Waals surface area contributed by atoms with Gasteiger partial charge in [0.1, 0.15) is 6.04 Å². The molecule has 1 atom stereocenters. The summed E-state index contributed by atoms with van der Waals surface area (Å²) in [6, 6.07) is 14.0. The molecule has 32 heavy (non-hydrogen) atoms. The molecule has 1 aliphatic heterocycles. The number of anilines is 1. The van der Waals surface area contributed by atoms with Gasteiger partial charge in [0, 0.05) is 29.4 Å². The Morgan fingerprint density at radius 1 is 1.19 bits per heavy atom. The summed E-state index contributed by atoms with van der Waals surface area (Å²) in [5.74, 6) is -0.428. The van der Waals surface area contributed by atoms with Crippen molar-refractivity contribution >= 4 is 40.7 Å². The zero-order chi connectivity index (χ0) is 22.8. The number of rotatable bonds is 5. The van der Waals surface area contributed by atoms with E-state index in [1.54, 1.807) is 18.2 Å². The first-order chi connectivity index (χ1) is 15.3. The number of piperazine rings is 1. The van der Waals surface area contributed by atoms with E-state index in [4.69, 9.17) is 23.2 Å². The number of para-hydroxylation sites is 1. The molecule has 1 unspecified atom stereocenters. The summed E-state index contributed by atoms with van der Waals surface area (Å²) in [7, 11) is 0. The van der Waals surface area contributed by atoms with Gasteiger partial charge in [-0.05, 0) is 44.2 Å². The number of nitrogens with zero attached hydrogens (tertiary/aromatic N) is 3. The molecule has 0 spiro atoms. The summed E-state index contributed by atoms with van der Waals surface area (Å²) in [6.07, 6.45) is 0. The van der Waals surface area contributed by atoms with Gasteiger partial charge in [0.05, 0.1) is 28.6 Å². The molecule has 0 radical (unpaired) electrons. The molecule has 1 aromatic heterocycles. The second kappa shape index (κ2) is 9.32. The minimum absolute atomic E-state index is 0.0241. The number of amides is 2. The van der Waals surface area contributed by atoms with Gasteiger partial charge in [-0.2, -0.15) is 5.10 Å². The Bertz CT molecular complexity index is 1160. The van der Waals surface area contributed by atoms with Gasteiger partial charge in [0.2, 0.25) is 11.8 Å². The third-order valence-corrected chi connectivity index (χ3v) is 6.05. The summed E-state index contributed by atoms with van der Waals surface area (Å²) in [4.78, 5) is 27.6. The Morgan fingerprint density at radius 2 is 1.94 bits per heavy atom. The number of aryl methyl sites for hydroxylation is 1. The topological polar surface area (TPSA) is 79.3 Å². The van der Waals surface area contributed by atoms with Gasteiger partial charge >= 0.3 is 0 Å². The third kappa shape index (κ3) is 4.50. The van der Waals surface area contributed by atoms with Gasteiger partial charge in [-0.15, -0.1) is 0 Å². The van der Waals surface area contributed by atoms with Gasteiger partial charge in [-0.25, -0.2) is 4.68 Å². The van der Waals surface area contributed by atoms with Crippen LogP contribution in [-0.2, 0) is 9.59 Å². The highest BCUT2D eigenvalue weighted by Gasteiger charge is 2.36. The van der Waals surface area contributed by atoms with Crippen molar-refractivity contribution in [1.29, 1.82) is 0 Å². The molecule has 1 aliphatic rings. The number of hydrogen-bond donors (Lipinski definition) is 2. The lowest BCUT2D eigenvalue weighted by Gasteiger charge is -2.34. The molecule has 2 amide bonds. The smallest absolute Gasteiger partial charge is 0.242 e. The second-order valence-corrected chi connectivity index (χ2v) is 8.51. The molecule has 4 rings (SSSR count). The molecule has 3 aromatic rings. The summed E-state index contributed by atoms with van der Waals surface area (Å²) in [5, 5.41) is 11.2. The number of carbonyl (C=O) groups is 2. The van der Waals surface area contributed by atoms with Crippen molar-refractivity contribution < 1.29 is 9.59 Å². The zero-order valence-corrected chi connectivity index (χ0v) is 19.2. The van der Waals surface area contributed by atoms with Crippen LogP contribution in [0.15, 0.2) is 48.5 Å². The average molecular weight is 472 g/mol. The fraction of sp³-hybridized carbons (Fsp3) is 0.261. The molecule has 9 heteroatoms. The lowest BCUT2D eigenvalue weighted by Crippen LogP contribution is -2.52. The van der Waals surface area contributed by atoms with Crippen LogP contribution in [0.3, 0.4) is 0 Å². The molecule has 2 heterocycles. The Hall–Kier alpha value is -2.87. The van der Waals surface area contributed by atoms with E-state index in [0.29, 0.717) is 28.8 Å². The lowest BCUT2D eigenvalue weighted by atomic mass is 10.00. The van der Waals surface area contributed by atoms with E-state index in [1.807, 2.05) is 53.8 Å². The normalized spacial score (nSPS) is 16.6. The number of halogens is 2. The highest BCUT2D eigenvalue weighted by Crippen LogP contribution is 2.31. The van der Waals surface area contributed by atoms with Crippen LogP contribution in [-0.4, -0.2) is 46.1 Å². The van der Waals surface area contributed by atoms with E-state index in [0.717, 1.165) is 22.6 Å². The Morgan fingerprint density at radius 3 is 2.69 bits per heavy atom. The van der Waals surface area contributed by atoms with Crippen LogP contribution in [0.25, 0.3) is 5.69 Å². The fourth-order valence-corrected chi connectivity index (χ4v) is 4.37. The van der Waals surface area contributed by atoms with Crippen LogP contribution >= 0.6 is 23.2 Å². The van der Waals surface area contributed by atoms with Gasteiger partial charge in [0.15, 0.2) is 0 Å². The van der Waals surface area contributed by atoms with E-state index < -0.39 is 6.04 Å². The minimum Gasteiger partial charge on any atom is -0.353 e. The molecule has 2 N–H and O–H groups in total. The van der Waals surface area contributed by atoms with Gasteiger partial charge in [-0.3, -0.25) is 14.5 Å². The summed E-state index contributed by atoms with van der Waals surface area (Å²) < 4.78 is 1.83. The summed E-state index contributed by atoms with van der Waals surface area (Å²) in [6.45, 7) is 4.84. The second-order valence-electron chi connectivity index (χ2n) is 7.67. The van der Waals surface area contributed by atoms with Crippen molar-refractivity contribution in [2.24, 2.45) is 0 Å². The van der Waals surface area contributed by atoms with Gasteiger partial charge < -0.3 is 10.6 Å². The van der Waals surface area contributed by atoms with Crippen LogP contribution in [0.1, 0.15) is 23.0 Å². The van der Waals surface area contributed by atoms with Gasteiger partial charge in [0.25, 0.3) is 0 Å². The monoisotopic (exact) mass is 471 g/mol. The van der Waals surface area contributed by atoms with E-state index in [2.05, 4.69) is 15.7 Å². The Kier molecular flexibility index (Phi) is 6.50. The number of aromatic nitrogens is 2. The molecule has 7 nitrogen and oxygen atoms in total. The maximum absolute atomic E-state index is 12.9. The first-order valence-electron chi connectivity index (χ1n) is 10.2. The van der Waals surface area contributed by atoms with Gasteiger partial charge in [-0.1, -0.05) is 41.4 Å². The van der Waals surface area contributed by atoms with Crippen molar-refractivity contribution in [2.45, 2.75) is 19.9 Å². The van der Waals surface area contributed by atoms with Crippen LogP contribution < -0.4 is 10.6 Å². The molecule has 1 saturated heterocycles. The summed E-state index contributed by atoms with van der Waals surface area (Å²) in [5.41, 5.74) is 3.76. The first-order valence-corrected chi connectivity index (χ1v) is 11.0. The zero-order valence-electron chi connectivity index (χ0n) is 17.7. The largest absolute Gasteiger partial charge is 0.353 e. The maximum atomic E-state index is 12.9. The van der Waals surface area contributed by atoms with Crippen LogP contribution in [0.5, 0.6) is 0 Å². The number of benzene rings is 2. The predicted octanol–water partition coefficient (Wildman–Crippen LogP) is 3.91. The number of carbonyl (C=O) groups excluding carboxylic acids is 2. The molecular formula is C23H23Cl2N5O2. The molecular weight excluding hydrogens is 449 g/mol. The minimum atomic E-state index is -0.623. The molecule has 1 fully saturated rings. The van der Waals surface area contributed by atoms with Crippen molar-refractivity contribution in [2.75, 3.05) is 25.0 Å². The third-order valence-electron chi connectivity index (χ3n) is 5.48. The van der Waals surface area contributed by atoms with Crippen LogP contribution in [0.2, 0.25) is 10.0 Å². The fourth-order valence-electron chi connectivity index (χ4n) is 4.04. The van der Waals surface area contributed by atoms with Crippen molar-refractivity contribution in [3.8, 4) is 5.69 Å².